The van der Waals surface area contributed by atoms with Crippen LogP contribution < -0.4 is 0 Å². The number of piperidine rings is 1. The minimum Gasteiger partial charge on any atom is -0.348 e. The highest BCUT2D eigenvalue weighted by molar-refractivity contribution is 5.94. The Morgan fingerprint density at radius 2 is 1.90 bits per heavy atom. The molecule has 2 aliphatic rings. The molecule has 6 heteroatoms. The molecule has 4 nitrogen and oxygen atoms in total. The van der Waals surface area contributed by atoms with Gasteiger partial charge in [0.05, 0.1) is 19.3 Å². The van der Waals surface area contributed by atoms with Crippen molar-refractivity contribution in [2.24, 2.45) is 0 Å². The Morgan fingerprint density at radius 3 is 2.62 bits per heavy atom. The number of hydrogen-bond acceptors (Lipinski definition) is 3. The van der Waals surface area contributed by atoms with Gasteiger partial charge in [-0.2, -0.15) is 0 Å². The zero-order valence-electron chi connectivity index (χ0n) is 11.6. The molecule has 0 radical (unpaired) electrons. The summed E-state index contributed by atoms with van der Waals surface area (Å²) in [6.45, 7) is 1.62. The first-order valence-corrected chi connectivity index (χ1v) is 7.16. The highest BCUT2D eigenvalue weighted by Crippen LogP contribution is 2.26. The van der Waals surface area contributed by atoms with Crippen molar-refractivity contribution >= 4 is 5.91 Å². The van der Waals surface area contributed by atoms with Gasteiger partial charge in [-0.1, -0.05) is 0 Å². The van der Waals surface area contributed by atoms with E-state index in [0.29, 0.717) is 19.8 Å². The Balaban J connectivity index is 1.81. The molecule has 1 aromatic carbocycles. The Morgan fingerprint density at radius 1 is 1.14 bits per heavy atom. The smallest absolute Gasteiger partial charge is 0.254 e. The molecule has 21 heavy (non-hydrogen) atoms. The van der Waals surface area contributed by atoms with Crippen molar-refractivity contribution in [3.8, 4) is 0 Å². The van der Waals surface area contributed by atoms with Crippen molar-refractivity contribution in [1.29, 1.82) is 0 Å². The second-order valence-electron chi connectivity index (χ2n) is 5.30. The molecule has 0 saturated carbocycles. The number of amides is 1. The summed E-state index contributed by atoms with van der Waals surface area (Å²) in [6.07, 6.45) is 2.26. The highest BCUT2D eigenvalue weighted by Gasteiger charge is 2.36. The van der Waals surface area contributed by atoms with Crippen LogP contribution in [0.25, 0.3) is 0 Å². The van der Waals surface area contributed by atoms with Gasteiger partial charge in [-0.25, -0.2) is 8.78 Å². The summed E-state index contributed by atoms with van der Waals surface area (Å²) >= 11 is 0. The highest BCUT2D eigenvalue weighted by atomic mass is 19.2. The van der Waals surface area contributed by atoms with Gasteiger partial charge in [-0.3, -0.25) is 4.79 Å². The predicted octanol–water partition coefficient (Wildman–Crippen LogP) is 2.33. The van der Waals surface area contributed by atoms with Crippen LogP contribution in [0.3, 0.4) is 0 Å². The Kier molecular flexibility index (Phi) is 4.17. The van der Waals surface area contributed by atoms with Crippen LogP contribution in [0.1, 0.15) is 29.6 Å². The Bertz CT molecular complexity index is 532. The second kappa shape index (κ2) is 6.07. The average Bonchev–Trinajstić information content (AvgIpc) is 3.03. The summed E-state index contributed by atoms with van der Waals surface area (Å²) in [5.41, 5.74) is 0.152. The Hall–Kier alpha value is -1.53. The van der Waals surface area contributed by atoms with E-state index >= 15 is 0 Å². The van der Waals surface area contributed by atoms with Crippen LogP contribution >= 0.6 is 0 Å². The molecule has 2 aliphatic heterocycles. The topological polar surface area (TPSA) is 38.8 Å². The molecule has 2 heterocycles. The number of ether oxygens (including phenoxy) is 2. The molecule has 0 spiro atoms. The molecule has 3 rings (SSSR count). The molecule has 0 bridgehead atoms. The van der Waals surface area contributed by atoms with E-state index in [1.807, 2.05) is 0 Å². The number of rotatable bonds is 2. The zero-order valence-corrected chi connectivity index (χ0v) is 11.6. The van der Waals surface area contributed by atoms with E-state index < -0.39 is 17.9 Å². The fourth-order valence-electron chi connectivity index (χ4n) is 2.89. The number of benzene rings is 1. The van der Waals surface area contributed by atoms with Crippen molar-refractivity contribution in [1.82, 2.24) is 4.90 Å². The lowest BCUT2D eigenvalue weighted by Gasteiger charge is -2.38. The third-order valence-corrected chi connectivity index (χ3v) is 3.94. The van der Waals surface area contributed by atoms with Gasteiger partial charge in [0.25, 0.3) is 5.91 Å². The lowest BCUT2D eigenvalue weighted by atomic mass is 10.00. The summed E-state index contributed by atoms with van der Waals surface area (Å²) in [6, 6.07) is 3.06. The second-order valence-corrected chi connectivity index (χ2v) is 5.30. The van der Waals surface area contributed by atoms with Gasteiger partial charge in [0.15, 0.2) is 17.9 Å². The maximum Gasteiger partial charge on any atom is 0.254 e. The van der Waals surface area contributed by atoms with Crippen LogP contribution in [0.15, 0.2) is 18.2 Å². The van der Waals surface area contributed by atoms with Crippen molar-refractivity contribution in [3.05, 3.63) is 35.4 Å². The average molecular weight is 297 g/mol. The number of carbonyl (C=O) groups is 1. The van der Waals surface area contributed by atoms with E-state index in [4.69, 9.17) is 9.47 Å². The summed E-state index contributed by atoms with van der Waals surface area (Å²) in [4.78, 5) is 14.2. The van der Waals surface area contributed by atoms with Gasteiger partial charge >= 0.3 is 0 Å². The molecule has 1 atom stereocenters. The first kappa shape index (κ1) is 14.4. The van der Waals surface area contributed by atoms with Gasteiger partial charge < -0.3 is 14.4 Å². The van der Waals surface area contributed by atoms with Gasteiger partial charge in [-0.05, 0) is 37.5 Å². The summed E-state index contributed by atoms with van der Waals surface area (Å²) < 4.78 is 37.3. The first-order valence-electron chi connectivity index (χ1n) is 7.16. The monoisotopic (exact) mass is 297 g/mol. The molecule has 114 valence electrons. The van der Waals surface area contributed by atoms with Crippen LogP contribution in [-0.2, 0) is 9.47 Å². The van der Waals surface area contributed by atoms with Gasteiger partial charge in [0.1, 0.15) is 0 Å². The number of nitrogens with zero attached hydrogens (tertiary/aromatic N) is 1. The number of halogens is 2. The third kappa shape index (κ3) is 2.91. The van der Waals surface area contributed by atoms with Crippen molar-refractivity contribution < 1.29 is 23.0 Å². The number of likely N-dealkylation sites (tertiary alicyclic amines) is 1. The SMILES string of the molecule is O=C(c1ccc(F)c(F)c1)N1CCCC[C@@H]1C1OCCO1. The molecule has 0 aliphatic carbocycles. The predicted molar refractivity (Wildman–Crippen MR) is 70.7 cm³/mol. The van der Waals surface area contributed by atoms with Crippen LogP contribution in [0.5, 0.6) is 0 Å². The van der Waals surface area contributed by atoms with E-state index in [-0.39, 0.29) is 17.5 Å². The van der Waals surface area contributed by atoms with Crippen LogP contribution in [-0.4, -0.2) is 42.9 Å². The fourth-order valence-corrected chi connectivity index (χ4v) is 2.89. The fraction of sp³-hybridized carbons (Fsp3) is 0.533. The normalized spacial score (nSPS) is 23.5. The molecule has 0 N–H and O–H groups in total. The molecular weight excluding hydrogens is 280 g/mol. The number of hydrogen-bond donors (Lipinski definition) is 0. The van der Waals surface area contributed by atoms with Crippen molar-refractivity contribution in [2.75, 3.05) is 19.8 Å². The van der Waals surface area contributed by atoms with Gasteiger partial charge in [-0.15, -0.1) is 0 Å². The molecule has 2 saturated heterocycles. The number of carbonyl (C=O) groups excluding carboxylic acids is 1. The molecule has 2 fully saturated rings. The van der Waals surface area contributed by atoms with Crippen LogP contribution in [0.2, 0.25) is 0 Å². The van der Waals surface area contributed by atoms with Gasteiger partial charge in [0.2, 0.25) is 0 Å². The molecule has 1 amide bonds. The van der Waals surface area contributed by atoms with Crippen LogP contribution in [0.4, 0.5) is 8.78 Å². The quantitative estimate of drug-likeness (QED) is 0.841. The summed E-state index contributed by atoms with van der Waals surface area (Å²) in [5, 5.41) is 0. The molecule has 1 aromatic rings. The summed E-state index contributed by atoms with van der Waals surface area (Å²) in [5.74, 6) is -2.27. The van der Waals surface area contributed by atoms with Crippen molar-refractivity contribution in [2.45, 2.75) is 31.6 Å². The van der Waals surface area contributed by atoms with E-state index in [9.17, 15) is 13.6 Å². The van der Waals surface area contributed by atoms with Gasteiger partial charge in [0, 0.05) is 12.1 Å². The van der Waals surface area contributed by atoms with Crippen LogP contribution in [0, 0.1) is 11.6 Å². The molecule has 0 unspecified atom stereocenters. The minimum absolute atomic E-state index is 0.152. The minimum atomic E-state index is -1.01. The van der Waals surface area contributed by atoms with E-state index in [1.165, 1.54) is 6.07 Å². The first-order chi connectivity index (χ1) is 10.2. The molecule has 0 aromatic heterocycles. The molecular formula is C15H17F2NO3. The maximum absolute atomic E-state index is 13.3. The lowest BCUT2D eigenvalue weighted by Crippen LogP contribution is -2.50. The van der Waals surface area contributed by atoms with Crippen molar-refractivity contribution in [3.63, 3.8) is 0 Å². The largest absolute Gasteiger partial charge is 0.348 e. The van der Waals surface area contributed by atoms with E-state index in [2.05, 4.69) is 0 Å². The summed E-state index contributed by atoms with van der Waals surface area (Å²) in [7, 11) is 0. The Labute approximate surface area is 121 Å². The van der Waals surface area contributed by atoms with E-state index in [0.717, 1.165) is 31.4 Å². The lowest BCUT2D eigenvalue weighted by molar-refractivity contribution is -0.100. The van der Waals surface area contributed by atoms with E-state index in [1.54, 1.807) is 4.90 Å². The third-order valence-electron chi connectivity index (χ3n) is 3.94. The zero-order chi connectivity index (χ0) is 14.8. The standard InChI is InChI=1S/C15H17F2NO3/c16-11-5-4-10(9-12(11)17)14(19)18-6-2-1-3-13(18)15-20-7-8-21-15/h4-5,9,13,15H,1-3,6-8H2/t13-/m1/s1. The maximum atomic E-state index is 13.3.